The summed E-state index contributed by atoms with van der Waals surface area (Å²) in [5.41, 5.74) is 1.60. The molecule has 2 aliphatic rings. The largest absolute Gasteiger partial charge is 0.381 e. The Kier molecular flexibility index (Phi) is 3.98. The topological polar surface area (TPSA) is 51.7 Å². The lowest BCUT2D eigenvalue weighted by Crippen LogP contribution is -2.37. The zero-order valence-electron chi connectivity index (χ0n) is 13.9. The Morgan fingerprint density at radius 1 is 1.46 bits per heavy atom. The molecule has 0 unspecified atom stereocenters. The summed E-state index contributed by atoms with van der Waals surface area (Å²) in [7, 11) is 0. The van der Waals surface area contributed by atoms with E-state index in [1.54, 1.807) is 6.20 Å². The molecule has 0 N–H and O–H groups in total. The van der Waals surface area contributed by atoms with Gasteiger partial charge in [-0.15, -0.1) is 0 Å². The third-order valence-corrected chi connectivity index (χ3v) is 5.25. The lowest BCUT2D eigenvalue weighted by molar-refractivity contribution is 0.0317. The SMILES string of the molecule is CCOC[C@@]12COC[C@@H]1CN(C(=O)c1ccc3ncccc3c1)C2. The number of aromatic nitrogens is 1. The van der Waals surface area contributed by atoms with Crippen molar-refractivity contribution in [3.63, 3.8) is 0 Å². The number of hydrogen-bond donors (Lipinski definition) is 0. The minimum absolute atomic E-state index is 0.0376. The van der Waals surface area contributed by atoms with E-state index in [2.05, 4.69) is 4.98 Å². The van der Waals surface area contributed by atoms with Gasteiger partial charge in [-0.1, -0.05) is 6.07 Å². The summed E-state index contributed by atoms with van der Waals surface area (Å²) >= 11 is 0. The van der Waals surface area contributed by atoms with Gasteiger partial charge < -0.3 is 14.4 Å². The second-order valence-electron chi connectivity index (χ2n) is 6.81. The van der Waals surface area contributed by atoms with Crippen molar-refractivity contribution in [3.05, 3.63) is 42.1 Å². The Balaban J connectivity index is 1.56. The summed E-state index contributed by atoms with van der Waals surface area (Å²) in [5.74, 6) is 0.459. The molecule has 2 saturated heterocycles. The number of carbonyl (C=O) groups is 1. The zero-order valence-corrected chi connectivity index (χ0v) is 13.9. The van der Waals surface area contributed by atoms with Gasteiger partial charge in [-0.3, -0.25) is 9.78 Å². The number of rotatable bonds is 4. The fraction of sp³-hybridized carbons (Fsp3) is 0.474. The molecule has 24 heavy (non-hydrogen) atoms. The van der Waals surface area contributed by atoms with Crippen LogP contribution in [0, 0.1) is 11.3 Å². The molecule has 1 aromatic carbocycles. The summed E-state index contributed by atoms with van der Waals surface area (Å²) < 4.78 is 11.4. The van der Waals surface area contributed by atoms with E-state index < -0.39 is 0 Å². The monoisotopic (exact) mass is 326 g/mol. The average molecular weight is 326 g/mol. The van der Waals surface area contributed by atoms with E-state index in [1.165, 1.54) is 0 Å². The highest BCUT2D eigenvalue weighted by molar-refractivity contribution is 5.98. The van der Waals surface area contributed by atoms with Crippen molar-refractivity contribution < 1.29 is 14.3 Å². The second-order valence-corrected chi connectivity index (χ2v) is 6.81. The fourth-order valence-electron chi connectivity index (χ4n) is 3.89. The van der Waals surface area contributed by atoms with Crippen LogP contribution in [0.15, 0.2) is 36.5 Å². The maximum absolute atomic E-state index is 13.0. The van der Waals surface area contributed by atoms with Crippen LogP contribution in [0.25, 0.3) is 10.9 Å². The second kappa shape index (κ2) is 6.15. The van der Waals surface area contributed by atoms with Gasteiger partial charge >= 0.3 is 0 Å². The normalized spacial score (nSPS) is 26.0. The quantitative estimate of drug-likeness (QED) is 0.865. The van der Waals surface area contributed by atoms with Crippen LogP contribution in [0.4, 0.5) is 0 Å². The molecule has 0 radical (unpaired) electrons. The average Bonchev–Trinajstić information content (AvgIpc) is 3.16. The molecule has 2 aromatic rings. The Morgan fingerprint density at radius 3 is 3.25 bits per heavy atom. The number of ether oxygens (including phenoxy) is 2. The predicted octanol–water partition coefficient (Wildman–Crippen LogP) is 2.36. The molecule has 1 aromatic heterocycles. The third-order valence-electron chi connectivity index (χ3n) is 5.25. The summed E-state index contributed by atoms with van der Waals surface area (Å²) in [6, 6.07) is 9.61. The number of amides is 1. The number of hydrogen-bond acceptors (Lipinski definition) is 4. The Morgan fingerprint density at radius 2 is 2.38 bits per heavy atom. The summed E-state index contributed by atoms with van der Waals surface area (Å²) in [6.07, 6.45) is 1.77. The first kappa shape index (κ1) is 15.5. The maximum Gasteiger partial charge on any atom is 0.253 e. The summed E-state index contributed by atoms with van der Waals surface area (Å²) in [5, 5.41) is 0.995. The van der Waals surface area contributed by atoms with Crippen LogP contribution >= 0.6 is 0 Å². The third kappa shape index (κ3) is 2.58. The lowest BCUT2D eigenvalue weighted by atomic mass is 9.82. The van der Waals surface area contributed by atoms with Crippen LogP contribution in [-0.2, 0) is 9.47 Å². The molecular formula is C19H22N2O3. The highest BCUT2D eigenvalue weighted by Crippen LogP contribution is 2.42. The molecule has 2 atom stereocenters. The number of carbonyl (C=O) groups excluding carboxylic acids is 1. The zero-order chi connectivity index (χ0) is 16.6. The van der Waals surface area contributed by atoms with Crippen LogP contribution in [-0.4, -0.2) is 55.3 Å². The van der Waals surface area contributed by atoms with Crippen molar-refractivity contribution in [1.82, 2.24) is 9.88 Å². The van der Waals surface area contributed by atoms with Gasteiger partial charge in [0.1, 0.15) is 0 Å². The predicted molar refractivity (Wildman–Crippen MR) is 90.9 cm³/mol. The molecule has 5 nitrogen and oxygen atoms in total. The molecule has 0 bridgehead atoms. The van der Waals surface area contributed by atoms with Crippen LogP contribution in [0.2, 0.25) is 0 Å². The van der Waals surface area contributed by atoms with Crippen LogP contribution in [0.1, 0.15) is 17.3 Å². The molecule has 5 heteroatoms. The van der Waals surface area contributed by atoms with Gasteiger partial charge in [0.25, 0.3) is 5.91 Å². The number of fused-ring (bicyclic) bond motifs is 2. The van der Waals surface area contributed by atoms with E-state index in [9.17, 15) is 4.79 Å². The molecule has 0 aliphatic carbocycles. The van der Waals surface area contributed by atoms with Gasteiger partial charge in [-0.05, 0) is 31.2 Å². The van der Waals surface area contributed by atoms with E-state index in [0.717, 1.165) is 29.6 Å². The van der Waals surface area contributed by atoms with E-state index in [4.69, 9.17) is 9.47 Å². The van der Waals surface area contributed by atoms with Gasteiger partial charge in [-0.2, -0.15) is 0 Å². The first-order chi connectivity index (χ1) is 11.7. The minimum Gasteiger partial charge on any atom is -0.381 e. The first-order valence-electron chi connectivity index (χ1n) is 8.51. The number of nitrogens with zero attached hydrogens (tertiary/aromatic N) is 2. The Hall–Kier alpha value is -1.98. The van der Waals surface area contributed by atoms with Crippen molar-refractivity contribution in [3.8, 4) is 0 Å². The molecule has 2 aliphatic heterocycles. The molecule has 3 heterocycles. The summed E-state index contributed by atoms with van der Waals surface area (Å²) in [6.45, 7) is 6.22. The van der Waals surface area contributed by atoms with Crippen molar-refractivity contribution in [1.29, 1.82) is 0 Å². The highest BCUT2D eigenvalue weighted by atomic mass is 16.5. The van der Waals surface area contributed by atoms with Crippen LogP contribution < -0.4 is 0 Å². The number of likely N-dealkylation sites (tertiary alicyclic amines) is 1. The maximum atomic E-state index is 13.0. The van der Waals surface area contributed by atoms with E-state index in [0.29, 0.717) is 32.3 Å². The molecule has 0 saturated carbocycles. The number of pyridine rings is 1. The molecule has 0 spiro atoms. The minimum atomic E-state index is -0.0376. The molecule has 4 rings (SSSR count). The van der Waals surface area contributed by atoms with E-state index >= 15 is 0 Å². The molecule has 1 amide bonds. The van der Waals surface area contributed by atoms with Gasteiger partial charge in [0.2, 0.25) is 0 Å². The van der Waals surface area contributed by atoms with E-state index in [-0.39, 0.29) is 11.3 Å². The van der Waals surface area contributed by atoms with Crippen molar-refractivity contribution in [2.24, 2.45) is 11.3 Å². The van der Waals surface area contributed by atoms with Gasteiger partial charge in [0.15, 0.2) is 0 Å². The smallest absolute Gasteiger partial charge is 0.253 e. The van der Waals surface area contributed by atoms with E-state index in [1.807, 2.05) is 42.2 Å². The first-order valence-corrected chi connectivity index (χ1v) is 8.51. The Labute approximate surface area is 141 Å². The van der Waals surface area contributed by atoms with Crippen molar-refractivity contribution in [2.45, 2.75) is 6.92 Å². The highest BCUT2D eigenvalue weighted by Gasteiger charge is 2.52. The lowest BCUT2D eigenvalue weighted by Gasteiger charge is -2.26. The molecule has 126 valence electrons. The Bertz CT molecular complexity index is 763. The standard InChI is InChI=1S/C19H22N2O3/c1-2-23-12-19-11-21(9-16(19)10-24-13-19)18(22)15-5-6-17-14(8-15)4-3-7-20-17/h3-8,16H,2,9-13H2,1H3/t16-,19-/m0/s1. The summed E-state index contributed by atoms with van der Waals surface area (Å²) in [4.78, 5) is 19.2. The van der Waals surface area contributed by atoms with Gasteiger partial charge in [0, 0.05) is 48.2 Å². The molecule has 2 fully saturated rings. The molecular weight excluding hydrogens is 304 g/mol. The van der Waals surface area contributed by atoms with Gasteiger partial charge in [-0.25, -0.2) is 0 Å². The van der Waals surface area contributed by atoms with Crippen LogP contribution in [0.3, 0.4) is 0 Å². The van der Waals surface area contributed by atoms with Crippen molar-refractivity contribution in [2.75, 3.05) is 39.5 Å². The number of benzene rings is 1. The van der Waals surface area contributed by atoms with Crippen molar-refractivity contribution >= 4 is 16.8 Å². The fourth-order valence-corrected chi connectivity index (χ4v) is 3.89. The van der Waals surface area contributed by atoms with Crippen LogP contribution in [0.5, 0.6) is 0 Å². The van der Waals surface area contributed by atoms with Gasteiger partial charge in [0.05, 0.1) is 25.3 Å².